The molecule has 1 aliphatic heterocycles. The van der Waals surface area contributed by atoms with Crippen LogP contribution in [-0.4, -0.2) is 43.7 Å². The summed E-state index contributed by atoms with van der Waals surface area (Å²) in [5, 5.41) is 7.13. The zero-order chi connectivity index (χ0) is 20.6. The molecule has 5 heteroatoms. The second-order valence-corrected chi connectivity index (χ2v) is 10.5. The maximum absolute atomic E-state index is 12.8. The van der Waals surface area contributed by atoms with E-state index in [4.69, 9.17) is 4.74 Å². The number of likely N-dealkylation sites (tertiary alicyclic amines) is 1. The highest BCUT2D eigenvalue weighted by Crippen LogP contribution is 2.52. The molecule has 2 heterocycles. The third-order valence-corrected chi connectivity index (χ3v) is 7.13. The van der Waals surface area contributed by atoms with Crippen molar-refractivity contribution in [1.82, 2.24) is 10.2 Å². The first kappa shape index (κ1) is 20.6. The van der Waals surface area contributed by atoms with Crippen molar-refractivity contribution < 1.29 is 9.53 Å². The second-order valence-electron chi connectivity index (χ2n) is 9.70. The van der Waals surface area contributed by atoms with E-state index in [0.29, 0.717) is 5.41 Å². The number of piperidine rings is 1. The first-order chi connectivity index (χ1) is 13.8. The summed E-state index contributed by atoms with van der Waals surface area (Å²) in [4.78, 5) is 15.4. The second kappa shape index (κ2) is 7.86. The quantitative estimate of drug-likeness (QED) is 0.796. The van der Waals surface area contributed by atoms with Gasteiger partial charge in [0.1, 0.15) is 0 Å². The number of ether oxygens (including phenoxy) is 1. The van der Waals surface area contributed by atoms with Crippen LogP contribution in [0.2, 0.25) is 0 Å². The van der Waals surface area contributed by atoms with Crippen LogP contribution in [0.4, 0.5) is 0 Å². The zero-order valence-corrected chi connectivity index (χ0v) is 18.7. The van der Waals surface area contributed by atoms with Crippen molar-refractivity contribution in [1.29, 1.82) is 0 Å². The molecular formula is C24H32N2O2S. The molecule has 156 valence electrons. The highest BCUT2D eigenvalue weighted by molar-refractivity contribution is 7.08. The standard InChI is InChI=1S/C24H32N2O2S/c1-23(2,3)16-26-12-10-24(11-13-26)19-8-6-5-7-18(19)20(21(24)28-4)25-22(27)17-9-14-29-15-17/h5-9,14-15,20-21H,10-13,16H2,1-4H3,(H,25,27)/t20-,21+/m1/s1. The van der Waals surface area contributed by atoms with Crippen LogP contribution in [0.25, 0.3) is 0 Å². The number of carbonyl (C=O) groups excluding carboxylic acids is 1. The molecule has 0 saturated carbocycles. The maximum Gasteiger partial charge on any atom is 0.252 e. The summed E-state index contributed by atoms with van der Waals surface area (Å²) in [5.41, 5.74) is 3.57. The lowest BCUT2D eigenvalue weighted by Crippen LogP contribution is -2.51. The van der Waals surface area contributed by atoms with Crippen molar-refractivity contribution in [2.24, 2.45) is 5.41 Å². The van der Waals surface area contributed by atoms with Gasteiger partial charge in [-0.3, -0.25) is 4.79 Å². The number of methoxy groups -OCH3 is 1. The van der Waals surface area contributed by atoms with E-state index in [1.54, 1.807) is 18.4 Å². The van der Waals surface area contributed by atoms with Gasteiger partial charge in [-0.1, -0.05) is 45.0 Å². The van der Waals surface area contributed by atoms with Crippen molar-refractivity contribution in [3.63, 3.8) is 0 Å². The fourth-order valence-electron chi connectivity index (χ4n) is 5.33. The Labute approximate surface area is 178 Å². The molecule has 1 N–H and O–H groups in total. The summed E-state index contributed by atoms with van der Waals surface area (Å²) < 4.78 is 6.12. The molecule has 29 heavy (non-hydrogen) atoms. The molecule has 4 nitrogen and oxygen atoms in total. The van der Waals surface area contributed by atoms with Gasteiger partial charge in [0.05, 0.1) is 17.7 Å². The van der Waals surface area contributed by atoms with Gasteiger partial charge >= 0.3 is 0 Å². The van der Waals surface area contributed by atoms with Crippen molar-refractivity contribution in [3.05, 3.63) is 57.8 Å². The summed E-state index contributed by atoms with van der Waals surface area (Å²) >= 11 is 1.55. The normalized spacial score (nSPS) is 23.9. The minimum Gasteiger partial charge on any atom is -0.378 e. The monoisotopic (exact) mass is 412 g/mol. The van der Waals surface area contributed by atoms with Gasteiger partial charge in [-0.15, -0.1) is 0 Å². The van der Waals surface area contributed by atoms with Crippen LogP contribution < -0.4 is 5.32 Å². The number of rotatable bonds is 4. The lowest BCUT2D eigenvalue weighted by Gasteiger charge is -2.45. The van der Waals surface area contributed by atoms with Gasteiger partial charge in [0.25, 0.3) is 5.91 Å². The van der Waals surface area contributed by atoms with Crippen molar-refractivity contribution in [2.45, 2.75) is 51.2 Å². The molecule has 1 aromatic heterocycles. The minimum absolute atomic E-state index is 0.0182. The van der Waals surface area contributed by atoms with Crippen LogP contribution in [0.1, 0.15) is 61.1 Å². The molecule has 0 radical (unpaired) electrons. The fourth-order valence-corrected chi connectivity index (χ4v) is 5.96. The number of amides is 1. The Morgan fingerprint density at radius 3 is 2.59 bits per heavy atom. The number of hydrogen-bond donors (Lipinski definition) is 1. The third-order valence-electron chi connectivity index (χ3n) is 6.45. The highest BCUT2D eigenvalue weighted by atomic mass is 32.1. The molecule has 1 aliphatic carbocycles. The van der Waals surface area contributed by atoms with Crippen molar-refractivity contribution in [3.8, 4) is 0 Å². The van der Waals surface area contributed by atoms with E-state index in [9.17, 15) is 4.79 Å². The molecular weight excluding hydrogens is 380 g/mol. The Balaban J connectivity index is 1.61. The summed E-state index contributed by atoms with van der Waals surface area (Å²) in [6.07, 6.45) is 2.08. The molecule has 1 saturated heterocycles. The van der Waals surface area contributed by atoms with Gasteiger partial charge in [0.15, 0.2) is 0 Å². The molecule has 4 rings (SSSR count). The van der Waals surface area contributed by atoms with E-state index in [1.165, 1.54) is 11.1 Å². The first-order valence-electron chi connectivity index (χ1n) is 10.5. The van der Waals surface area contributed by atoms with E-state index in [0.717, 1.165) is 38.0 Å². The molecule has 2 aromatic rings. The predicted octanol–water partition coefficient (Wildman–Crippen LogP) is 4.63. The van der Waals surface area contributed by atoms with Gasteiger partial charge < -0.3 is 15.0 Å². The lowest BCUT2D eigenvalue weighted by molar-refractivity contribution is -0.0147. The van der Waals surface area contributed by atoms with E-state index in [-0.39, 0.29) is 23.5 Å². The highest BCUT2D eigenvalue weighted by Gasteiger charge is 2.54. The molecule has 2 atom stereocenters. The number of carbonyl (C=O) groups is 1. The summed E-state index contributed by atoms with van der Waals surface area (Å²) in [6.45, 7) is 10.1. The SMILES string of the molecule is CO[C@H]1[C@H](NC(=O)c2ccsc2)c2ccccc2C12CCN(CC(C)(C)C)CC2. The van der Waals surface area contributed by atoms with Crippen LogP contribution >= 0.6 is 11.3 Å². The number of thiophene rings is 1. The summed E-state index contributed by atoms with van der Waals surface area (Å²) in [5.74, 6) is -0.0182. The zero-order valence-electron chi connectivity index (χ0n) is 17.9. The molecule has 1 fully saturated rings. The Morgan fingerprint density at radius 1 is 1.24 bits per heavy atom. The first-order valence-corrected chi connectivity index (χ1v) is 11.5. The van der Waals surface area contributed by atoms with Crippen LogP contribution in [0.15, 0.2) is 41.1 Å². The number of hydrogen-bond acceptors (Lipinski definition) is 4. The molecule has 1 spiro atoms. The van der Waals surface area contributed by atoms with Gasteiger partial charge in [0.2, 0.25) is 0 Å². The summed E-state index contributed by atoms with van der Waals surface area (Å²) in [7, 11) is 1.80. The van der Waals surface area contributed by atoms with E-state index < -0.39 is 0 Å². The van der Waals surface area contributed by atoms with Gasteiger partial charge in [0, 0.05) is 24.4 Å². The number of benzene rings is 1. The average Bonchev–Trinajstić information content (AvgIpc) is 3.30. The topological polar surface area (TPSA) is 41.6 Å². The van der Waals surface area contributed by atoms with Gasteiger partial charge in [-0.25, -0.2) is 0 Å². The van der Waals surface area contributed by atoms with Crippen LogP contribution in [-0.2, 0) is 10.2 Å². The molecule has 1 aromatic carbocycles. The number of nitrogens with zero attached hydrogens (tertiary/aromatic N) is 1. The number of nitrogens with one attached hydrogen (secondary N) is 1. The summed E-state index contributed by atoms with van der Waals surface area (Å²) in [6, 6.07) is 10.4. The fraction of sp³-hybridized carbons (Fsp3) is 0.542. The predicted molar refractivity (Wildman–Crippen MR) is 119 cm³/mol. The lowest BCUT2D eigenvalue weighted by atomic mass is 9.71. The smallest absolute Gasteiger partial charge is 0.252 e. The van der Waals surface area contributed by atoms with Crippen LogP contribution in [0.3, 0.4) is 0 Å². The molecule has 0 bridgehead atoms. The van der Waals surface area contributed by atoms with E-state index in [2.05, 4.69) is 55.3 Å². The Kier molecular flexibility index (Phi) is 5.58. The minimum atomic E-state index is -0.113. The average molecular weight is 413 g/mol. The van der Waals surface area contributed by atoms with Crippen molar-refractivity contribution in [2.75, 3.05) is 26.7 Å². The van der Waals surface area contributed by atoms with E-state index in [1.807, 2.05) is 16.8 Å². The molecule has 2 aliphatic rings. The Hall–Kier alpha value is -1.69. The van der Waals surface area contributed by atoms with Crippen LogP contribution in [0.5, 0.6) is 0 Å². The van der Waals surface area contributed by atoms with Gasteiger partial charge in [-0.2, -0.15) is 11.3 Å². The molecule has 0 unspecified atom stereocenters. The number of fused-ring (bicyclic) bond motifs is 2. The van der Waals surface area contributed by atoms with Crippen LogP contribution in [0, 0.1) is 5.41 Å². The Bertz CT molecular complexity index is 848. The van der Waals surface area contributed by atoms with Crippen molar-refractivity contribution >= 4 is 17.2 Å². The largest absolute Gasteiger partial charge is 0.378 e. The molecule has 1 amide bonds. The Morgan fingerprint density at radius 2 is 1.97 bits per heavy atom. The van der Waals surface area contributed by atoms with Gasteiger partial charge in [-0.05, 0) is 53.9 Å². The third kappa shape index (κ3) is 3.88. The van der Waals surface area contributed by atoms with E-state index >= 15 is 0 Å². The maximum atomic E-state index is 12.8.